The van der Waals surface area contributed by atoms with E-state index in [2.05, 4.69) is 0 Å². The monoisotopic (exact) mass is 197 g/mol. The van der Waals surface area contributed by atoms with Crippen LogP contribution in [0.15, 0.2) is 12.1 Å². The highest BCUT2D eigenvalue weighted by Gasteiger charge is 2.26. The second-order valence-electron chi connectivity index (χ2n) is 3.45. The molecular weight excluding hydrogens is 188 g/mol. The molecule has 74 valence electrons. The minimum atomic E-state index is -1.64. The maximum Gasteiger partial charge on any atom is 0.149 e. The molecular formula is C10H9F2NO. The molecule has 0 aromatic heterocycles. The molecule has 2 nitrogen and oxygen atoms in total. The van der Waals surface area contributed by atoms with E-state index in [4.69, 9.17) is 5.26 Å². The Labute approximate surface area is 80.4 Å². The van der Waals surface area contributed by atoms with Gasteiger partial charge in [0.25, 0.3) is 0 Å². The molecule has 0 heterocycles. The number of aliphatic hydroxyl groups is 1. The largest absolute Gasteiger partial charge is 0.386 e. The zero-order valence-corrected chi connectivity index (χ0v) is 7.81. The van der Waals surface area contributed by atoms with E-state index in [-0.39, 0.29) is 5.56 Å². The van der Waals surface area contributed by atoms with Crippen molar-refractivity contribution in [3.8, 4) is 6.07 Å². The van der Waals surface area contributed by atoms with E-state index in [1.807, 2.05) is 0 Å². The van der Waals surface area contributed by atoms with Crippen molar-refractivity contribution in [1.82, 2.24) is 0 Å². The highest BCUT2D eigenvalue weighted by molar-refractivity contribution is 5.38. The summed E-state index contributed by atoms with van der Waals surface area (Å²) in [4.78, 5) is 0. The molecule has 0 bridgehead atoms. The van der Waals surface area contributed by atoms with Crippen LogP contribution in [0.4, 0.5) is 8.78 Å². The summed E-state index contributed by atoms with van der Waals surface area (Å²) in [5, 5.41) is 18.0. The smallest absolute Gasteiger partial charge is 0.149 e. The zero-order chi connectivity index (χ0) is 10.9. The fourth-order valence-electron chi connectivity index (χ4n) is 1.20. The predicted octanol–water partition coefficient (Wildman–Crippen LogP) is 2.06. The van der Waals surface area contributed by atoms with E-state index in [1.54, 1.807) is 6.07 Å². The quantitative estimate of drug-likeness (QED) is 0.748. The molecule has 0 atom stereocenters. The van der Waals surface area contributed by atoms with E-state index < -0.39 is 22.8 Å². The van der Waals surface area contributed by atoms with E-state index in [1.165, 1.54) is 13.8 Å². The lowest BCUT2D eigenvalue weighted by Crippen LogP contribution is -2.20. The first kappa shape index (κ1) is 10.6. The van der Waals surface area contributed by atoms with Crippen LogP contribution < -0.4 is 0 Å². The van der Waals surface area contributed by atoms with Gasteiger partial charge in [-0.2, -0.15) is 5.26 Å². The molecule has 0 spiro atoms. The van der Waals surface area contributed by atoms with Crippen LogP contribution in [0.25, 0.3) is 0 Å². The van der Waals surface area contributed by atoms with Gasteiger partial charge in [0.05, 0.1) is 16.7 Å². The number of hydrogen-bond acceptors (Lipinski definition) is 2. The number of benzene rings is 1. The van der Waals surface area contributed by atoms with Gasteiger partial charge in [-0.05, 0) is 26.0 Å². The number of halogens is 2. The zero-order valence-electron chi connectivity index (χ0n) is 7.81. The second-order valence-corrected chi connectivity index (χ2v) is 3.45. The maximum absolute atomic E-state index is 13.4. The lowest BCUT2D eigenvalue weighted by atomic mass is 9.95. The molecule has 1 aromatic carbocycles. The van der Waals surface area contributed by atoms with Gasteiger partial charge in [-0.15, -0.1) is 0 Å². The summed E-state index contributed by atoms with van der Waals surface area (Å²) in [5.74, 6) is -1.85. The van der Waals surface area contributed by atoms with Crippen molar-refractivity contribution in [3.05, 3.63) is 34.9 Å². The van der Waals surface area contributed by atoms with Gasteiger partial charge in [0.1, 0.15) is 17.7 Å². The van der Waals surface area contributed by atoms with Crippen molar-refractivity contribution in [1.29, 1.82) is 5.26 Å². The molecule has 0 unspecified atom stereocenters. The molecule has 1 rings (SSSR count). The summed E-state index contributed by atoms with van der Waals surface area (Å²) in [6.07, 6.45) is 0. The van der Waals surface area contributed by atoms with Gasteiger partial charge in [0, 0.05) is 0 Å². The summed E-state index contributed by atoms with van der Waals surface area (Å²) in [7, 11) is 0. The molecule has 0 radical (unpaired) electrons. The fraction of sp³-hybridized carbons (Fsp3) is 0.300. The molecule has 0 aliphatic carbocycles. The minimum absolute atomic E-state index is 0.275. The Balaban J connectivity index is 3.50. The van der Waals surface area contributed by atoms with Crippen molar-refractivity contribution in [2.24, 2.45) is 0 Å². The Kier molecular flexibility index (Phi) is 2.54. The van der Waals surface area contributed by atoms with Gasteiger partial charge in [0.15, 0.2) is 0 Å². The van der Waals surface area contributed by atoms with Crippen molar-refractivity contribution in [2.45, 2.75) is 19.4 Å². The van der Waals surface area contributed by atoms with Crippen molar-refractivity contribution in [3.63, 3.8) is 0 Å². The first-order valence-corrected chi connectivity index (χ1v) is 3.99. The standard InChI is InChI=1S/C10H9F2NO/c1-10(2,14)8-7(11)4-3-6(5-13)9(8)12/h3-4,14H,1-2H3. The van der Waals surface area contributed by atoms with Gasteiger partial charge >= 0.3 is 0 Å². The highest BCUT2D eigenvalue weighted by atomic mass is 19.1. The molecule has 0 aliphatic heterocycles. The van der Waals surface area contributed by atoms with Gasteiger partial charge in [-0.1, -0.05) is 0 Å². The predicted molar refractivity (Wildman–Crippen MR) is 46.3 cm³/mol. The van der Waals surface area contributed by atoms with Crippen LogP contribution in [0.1, 0.15) is 25.0 Å². The maximum atomic E-state index is 13.4. The van der Waals surface area contributed by atoms with Crippen molar-refractivity contribution >= 4 is 0 Å². The summed E-state index contributed by atoms with van der Waals surface area (Å²) in [5.41, 5.74) is -2.39. The summed E-state index contributed by atoms with van der Waals surface area (Å²) >= 11 is 0. The van der Waals surface area contributed by atoms with Gasteiger partial charge in [-0.25, -0.2) is 8.78 Å². The van der Waals surface area contributed by atoms with Crippen molar-refractivity contribution in [2.75, 3.05) is 0 Å². The molecule has 4 heteroatoms. The first-order chi connectivity index (χ1) is 6.38. The molecule has 0 aliphatic rings. The van der Waals surface area contributed by atoms with Gasteiger partial charge < -0.3 is 5.11 Å². The third-order valence-corrected chi connectivity index (χ3v) is 1.82. The fourth-order valence-corrected chi connectivity index (χ4v) is 1.20. The third kappa shape index (κ3) is 1.73. The van der Waals surface area contributed by atoms with Crippen molar-refractivity contribution < 1.29 is 13.9 Å². The minimum Gasteiger partial charge on any atom is -0.386 e. The van der Waals surface area contributed by atoms with Crippen LogP contribution in [0, 0.1) is 23.0 Å². The molecule has 0 fully saturated rings. The normalized spacial score (nSPS) is 11.1. The number of nitriles is 1. The number of rotatable bonds is 1. The van der Waals surface area contributed by atoms with Crippen LogP contribution in [-0.2, 0) is 5.60 Å². The van der Waals surface area contributed by atoms with Crippen LogP contribution in [0.2, 0.25) is 0 Å². The van der Waals surface area contributed by atoms with E-state index in [0.717, 1.165) is 12.1 Å². The van der Waals surface area contributed by atoms with Crippen LogP contribution in [0.5, 0.6) is 0 Å². The molecule has 14 heavy (non-hydrogen) atoms. The van der Waals surface area contributed by atoms with E-state index in [0.29, 0.717) is 0 Å². The van der Waals surface area contributed by atoms with E-state index in [9.17, 15) is 13.9 Å². The lowest BCUT2D eigenvalue weighted by molar-refractivity contribution is 0.0702. The summed E-state index contributed by atoms with van der Waals surface area (Å²) in [6, 6.07) is 3.59. The Bertz CT molecular complexity index is 402. The average molecular weight is 197 g/mol. The Morgan fingerprint density at radius 2 is 1.93 bits per heavy atom. The molecule has 0 saturated heterocycles. The SMILES string of the molecule is CC(C)(O)c1c(F)ccc(C#N)c1F. The third-order valence-electron chi connectivity index (χ3n) is 1.82. The van der Waals surface area contributed by atoms with Crippen LogP contribution in [-0.4, -0.2) is 5.11 Å². The Hall–Kier alpha value is -1.47. The average Bonchev–Trinajstić information content (AvgIpc) is 2.02. The molecule has 1 N–H and O–H groups in total. The topological polar surface area (TPSA) is 44.0 Å². The summed E-state index contributed by atoms with van der Waals surface area (Å²) < 4.78 is 26.6. The second kappa shape index (κ2) is 3.35. The van der Waals surface area contributed by atoms with Gasteiger partial charge in [-0.3, -0.25) is 0 Å². The van der Waals surface area contributed by atoms with Crippen LogP contribution in [0.3, 0.4) is 0 Å². The number of hydrogen-bond donors (Lipinski definition) is 1. The van der Waals surface area contributed by atoms with Gasteiger partial charge in [0.2, 0.25) is 0 Å². The lowest BCUT2D eigenvalue weighted by Gasteiger charge is -2.19. The number of nitrogens with zero attached hydrogens (tertiary/aromatic N) is 1. The summed E-state index contributed by atoms with van der Waals surface area (Å²) in [6.45, 7) is 2.52. The molecule has 0 amide bonds. The highest BCUT2D eigenvalue weighted by Crippen LogP contribution is 2.27. The molecule has 0 saturated carbocycles. The van der Waals surface area contributed by atoms with Crippen LogP contribution >= 0.6 is 0 Å². The first-order valence-electron chi connectivity index (χ1n) is 3.99. The Morgan fingerprint density at radius 3 is 2.36 bits per heavy atom. The van der Waals surface area contributed by atoms with E-state index >= 15 is 0 Å². The Morgan fingerprint density at radius 1 is 1.36 bits per heavy atom. The molecule has 1 aromatic rings.